The number of carbonyl (C=O) groups excluding carboxylic acids is 1. The molecule has 4 aromatic rings. The molecule has 0 radical (unpaired) electrons. The molecule has 4 heterocycles. The molecule has 8 heteroatoms. The number of rotatable bonds is 6. The SMILES string of the molecule is CN1CCN(c2ccc(Sc3ccc(CNC(=O)c4cc5ccncc5o4)nc3)cc2)CC1. The summed E-state index contributed by atoms with van der Waals surface area (Å²) in [6, 6.07) is 16.2. The molecule has 1 N–H and O–H groups in total. The van der Waals surface area contributed by atoms with Crippen molar-refractivity contribution in [2.75, 3.05) is 38.1 Å². The van der Waals surface area contributed by atoms with Crippen molar-refractivity contribution in [3.8, 4) is 0 Å². The second kappa shape index (κ2) is 9.64. The molecule has 168 valence electrons. The smallest absolute Gasteiger partial charge is 0.287 e. The zero-order valence-corrected chi connectivity index (χ0v) is 19.2. The van der Waals surface area contributed by atoms with Gasteiger partial charge in [0.2, 0.25) is 0 Å². The highest BCUT2D eigenvalue weighted by atomic mass is 32.2. The Balaban J connectivity index is 1.14. The maximum atomic E-state index is 12.4. The lowest BCUT2D eigenvalue weighted by molar-refractivity contribution is 0.0925. The van der Waals surface area contributed by atoms with Gasteiger partial charge in [0.25, 0.3) is 5.91 Å². The summed E-state index contributed by atoms with van der Waals surface area (Å²) in [5, 5.41) is 3.71. The summed E-state index contributed by atoms with van der Waals surface area (Å²) in [7, 11) is 2.17. The first-order chi connectivity index (χ1) is 16.1. The number of hydrogen-bond donors (Lipinski definition) is 1. The number of nitrogens with zero attached hydrogens (tertiary/aromatic N) is 4. The molecular weight excluding hydrogens is 434 g/mol. The van der Waals surface area contributed by atoms with Crippen molar-refractivity contribution in [2.45, 2.75) is 16.3 Å². The van der Waals surface area contributed by atoms with Crippen LogP contribution in [0.15, 0.2) is 81.3 Å². The Labute approximate surface area is 196 Å². The average Bonchev–Trinajstić information content (AvgIpc) is 3.29. The summed E-state index contributed by atoms with van der Waals surface area (Å²) in [5.74, 6) is -0.00270. The van der Waals surface area contributed by atoms with E-state index in [0.29, 0.717) is 12.1 Å². The Morgan fingerprint density at radius 1 is 1.03 bits per heavy atom. The van der Waals surface area contributed by atoms with Gasteiger partial charge in [-0.25, -0.2) is 0 Å². The third kappa shape index (κ3) is 5.18. The molecule has 5 rings (SSSR count). The fourth-order valence-electron chi connectivity index (χ4n) is 3.76. The number of piperazine rings is 1. The minimum atomic E-state index is -0.271. The first kappa shape index (κ1) is 21.5. The molecule has 0 aliphatic carbocycles. The fourth-order valence-corrected chi connectivity index (χ4v) is 4.54. The van der Waals surface area contributed by atoms with Gasteiger partial charge in [-0.1, -0.05) is 11.8 Å². The number of amides is 1. The number of fused-ring (bicyclic) bond motifs is 1. The molecule has 1 aromatic carbocycles. The van der Waals surface area contributed by atoms with Crippen LogP contribution in [0.4, 0.5) is 5.69 Å². The summed E-state index contributed by atoms with van der Waals surface area (Å²) in [6.45, 7) is 4.67. The van der Waals surface area contributed by atoms with E-state index >= 15 is 0 Å². The molecule has 0 spiro atoms. The van der Waals surface area contributed by atoms with E-state index < -0.39 is 0 Å². The quantitative estimate of drug-likeness (QED) is 0.466. The number of likely N-dealkylation sites (N-methyl/N-ethyl adjacent to an activating group) is 1. The number of hydrogen-bond acceptors (Lipinski definition) is 7. The minimum absolute atomic E-state index is 0.269. The van der Waals surface area contributed by atoms with Crippen LogP contribution < -0.4 is 10.2 Å². The third-order valence-electron chi connectivity index (χ3n) is 5.72. The lowest BCUT2D eigenvalue weighted by atomic mass is 10.2. The van der Waals surface area contributed by atoms with E-state index in [4.69, 9.17) is 4.42 Å². The molecule has 0 saturated carbocycles. The molecule has 7 nitrogen and oxygen atoms in total. The van der Waals surface area contributed by atoms with Crippen LogP contribution in [0.3, 0.4) is 0 Å². The van der Waals surface area contributed by atoms with Crippen LogP contribution in [0.1, 0.15) is 16.2 Å². The number of aromatic nitrogens is 2. The molecule has 0 unspecified atom stereocenters. The number of furan rings is 1. The lowest BCUT2D eigenvalue weighted by Gasteiger charge is -2.34. The summed E-state index contributed by atoms with van der Waals surface area (Å²) in [5.41, 5.74) is 2.66. The van der Waals surface area contributed by atoms with E-state index in [0.717, 1.165) is 42.2 Å². The standard InChI is InChI=1S/C25H25N5O2S/c1-29-10-12-30(13-11-29)20-3-6-21(7-4-20)33-22-5-2-19(27-16-22)15-28-25(31)23-14-18-8-9-26-17-24(18)32-23/h2-9,14,16-17H,10-13,15H2,1H3,(H,28,31). The second-order valence-corrected chi connectivity index (χ2v) is 9.23. The van der Waals surface area contributed by atoms with Gasteiger partial charge in [0.1, 0.15) is 0 Å². The summed E-state index contributed by atoms with van der Waals surface area (Å²) in [6.07, 6.45) is 5.11. The van der Waals surface area contributed by atoms with Crippen molar-refractivity contribution in [3.05, 3.63) is 78.6 Å². The van der Waals surface area contributed by atoms with Crippen LogP contribution in [0.25, 0.3) is 11.0 Å². The van der Waals surface area contributed by atoms with Gasteiger partial charge in [0.15, 0.2) is 11.3 Å². The van der Waals surface area contributed by atoms with Crippen molar-refractivity contribution < 1.29 is 9.21 Å². The van der Waals surface area contributed by atoms with E-state index in [9.17, 15) is 4.79 Å². The number of anilines is 1. The molecule has 0 bridgehead atoms. The van der Waals surface area contributed by atoms with Crippen molar-refractivity contribution in [1.29, 1.82) is 0 Å². The van der Waals surface area contributed by atoms with Crippen molar-refractivity contribution in [2.24, 2.45) is 0 Å². The Bertz CT molecular complexity index is 1200. The molecule has 1 aliphatic rings. The number of carbonyl (C=O) groups is 1. The largest absolute Gasteiger partial charge is 0.449 e. The Morgan fingerprint density at radius 2 is 1.82 bits per heavy atom. The maximum Gasteiger partial charge on any atom is 0.287 e. The number of pyridine rings is 2. The van der Waals surface area contributed by atoms with Crippen LogP contribution >= 0.6 is 11.8 Å². The molecule has 1 aliphatic heterocycles. The molecule has 1 saturated heterocycles. The number of benzene rings is 1. The average molecular weight is 460 g/mol. The predicted octanol–water partition coefficient (Wildman–Crippen LogP) is 4.06. The van der Waals surface area contributed by atoms with Crippen LogP contribution in [0.5, 0.6) is 0 Å². The predicted molar refractivity (Wildman–Crippen MR) is 130 cm³/mol. The lowest BCUT2D eigenvalue weighted by Crippen LogP contribution is -2.44. The van der Waals surface area contributed by atoms with Gasteiger partial charge >= 0.3 is 0 Å². The van der Waals surface area contributed by atoms with Gasteiger partial charge in [-0.3, -0.25) is 14.8 Å². The van der Waals surface area contributed by atoms with Crippen molar-refractivity contribution in [1.82, 2.24) is 20.2 Å². The van der Waals surface area contributed by atoms with Crippen LogP contribution in [-0.4, -0.2) is 54.0 Å². The van der Waals surface area contributed by atoms with Gasteiger partial charge in [-0.2, -0.15) is 0 Å². The molecule has 1 amide bonds. The van der Waals surface area contributed by atoms with E-state index in [1.165, 1.54) is 10.6 Å². The summed E-state index contributed by atoms with van der Waals surface area (Å²) in [4.78, 5) is 27.9. The van der Waals surface area contributed by atoms with Crippen LogP contribution in [0.2, 0.25) is 0 Å². The monoisotopic (exact) mass is 459 g/mol. The Morgan fingerprint density at radius 3 is 2.55 bits per heavy atom. The topological polar surface area (TPSA) is 74.5 Å². The van der Waals surface area contributed by atoms with E-state index in [1.54, 1.807) is 30.2 Å². The molecule has 1 fully saturated rings. The van der Waals surface area contributed by atoms with E-state index in [-0.39, 0.29) is 11.7 Å². The number of nitrogens with one attached hydrogen (secondary N) is 1. The summed E-state index contributed by atoms with van der Waals surface area (Å²) < 4.78 is 5.55. The maximum absolute atomic E-state index is 12.4. The minimum Gasteiger partial charge on any atom is -0.449 e. The zero-order valence-electron chi connectivity index (χ0n) is 18.4. The van der Waals surface area contributed by atoms with E-state index in [2.05, 4.69) is 56.4 Å². The highest BCUT2D eigenvalue weighted by Crippen LogP contribution is 2.29. The van der Waals surface area contributed by atoms with Crippen LogP contribution in [-0.2, 0) is 6.54 Å². The zero-order chi connectivity index (χ0) is 22.6. The van der Waals surface area contributed by atoms with Gasteiger partial charge in [0.05, 0.1) is 18.4 Å². The molecular formula is C25H25N5O2S. The van der Waals surface area contributed by atoms with Crippen molar-refractivity contribution >= 4 is 34.3 Å². The third-order valence-corrected chi connectivity index (χ3v) is 6.70. The normalized spacial score (nSPS) is 14.5. The second-order valence-electron chi connectivity index (χ2n) is 8.08. The van der Waals surface area contributed by atoms with Gasteiger partial charge in [0, 0.05) is 59.4 Å². The fraction of sp³-hybridized carbons (Fsp3) is 0.240. The summed E-state index contributed by atoms with van der Waals surface area (Å²) >= 11 is 1.68. The Kier molecular flexibility index (Phi) is 6.28. The molecule has 0 atom stereocenters. The van der Waals surface area contributed by atoms with Gasteiger partial charge < -0.3 is 19.5 Å². The van der Waals surface area contributed by atoms with Gasteiger partial charge in [-0.05, 0) is 55.6 Å². The molecule has 33 heavy (non-hydrogen) atoms. The first-order valence-corrected chi connectivity index (χ1v) is 11.7. The molecule has 3 aromatic heterocycles. The first-order valence-electron chi connectivity index (χ1n) is 10.9. The highest BCUT2D eigenvalue weighted by molar-refractivity contribution is 7.99. The van der Waals surface area contributed by atoms with Gasteiger partial charge in [-0.15, -0.1) is 0 Å². The van der Waals surface area contributed by atoms with Crippen molar-refractivity contribution in [3.63, 3.8) is 0 Å². The van der Waals surface area contributed by atoms with E-state index in [1.807, 2.05) is 24.4 Å². The highest BCUT2D eigenvalue weighted by Gasteiger charge is 2.14. The van der Waals surface area contributed by atoms with Crippen LogP contribution in [0, 0.1) is 0 Å². The Hall–Kier alpha value is -3.36.